The van der Waals surface area contributed by atoms with Gasteiger partial charge in [-0.15, -0.1) is 0 Å². The molecule has 0 heterocycles. The fourth-order valence-corrected chi connectivity index (χ4v) is 3.28. The predicted octanol–water partition coefficient (Wildman–Crippen LogP) is 4.55. The lowest BCUT2D eigenvalue weighted by Crippen LogP contribution is -2.20. The summed E-state index contributed by atoms with van der Waals surface area (Å²) >= 11 is 3.43. The average molecular weight is 496 g/mol. The molecule has 2 amide bonds. The quantitative estimate of drug-likeness (QED) is 0.354. The van der Waals surface area contributed by atoms with Crippen LogP contribution in [0.15, 0.2) is 76.3 Å². The van der Waals surface area contributed by atoms with E-state index in [1.807, 2.05) is 31.2 Å². The number of methoxy groups -OCH3 is 1. The molecule has 0 radical (unpaired) electrons. The van der Waals surface area contributed by atoms with Crippen LogP contribution in [0.4, 0.5) is 5.69 Å². The van der Waals surface area contributed by atoms with Crippen LogP contribution in [0.2, 0.25) is 0 Å². The minimum absolute atomic E-state index is 0.128. The smallest absolute Gasteiger partial charge is 0.271 e. The number of aryl methyl sites for hydroxylation is 1. The van der Waals surface area contributed by atoms with Gasteiger partial charge < -0.3 is 14.8 Å². The summed E-state index contributed by atoms with van der Waals surface area (Å²) in [5.41, 5.74) is 5.43. The van der Waals surface area contributed by atoms with E-state index in [0.29, 0.717) is 21.5 Å². The molecule has 0 aliphatic heterocycles. The molecule has 0 aromatic heterocycles. The number of hydrogen-bond donors (Lipinski definition) is 2. The molecule has 0 saturated carbocycles. The van der Waals surface area contributed by atoms with E-state index >= 15 is 0 Å². The Kier molecular flexibility index (Phi) is 7.99. The zero-order valence-corrected chi connectivity index (χ0v) is 19.2. The summed E-state index contributed by atoms with van der Waals surface area (Å²) in [7, 11) is 1.54. The van der Waals surface area contributed by atoms with Gasteiger partial charge in [0, 0.05) is 11.3 Å². The molecule has 0 aliphatic carbocycles. The monoisotopic (exact) mass is 495 g/mol. The Morgan fingerprint density at radius 2 is 1.88 bits per heavy atom. The van der Waals surface area contributed by atoms with Crippen molar-refractivity contribution in [2.24, 2.45) is 5.10 Å². The maximum Gasteiger partial charge on any atom is 0.271 e. The lowest BCUT2D eigenvalue weighted by molar-refractivity contribution is -0.118. The number of nitrogens with zero attached hydrogens (tertiary/aromatic N) is 1. The number of carbonyl (C=O) groups excluding carboxylic acids is 2. The second-order valence-corrected chi connectivity index (χ2v) is 7.68. The molecule has 0 bridgehead atoms. The number of nitrogens with one attached hydrogen (secondary N) is 2. The van der Waals surface area contributed by atoms with Gasteiger partial charge in [0.15, 0.2) is 6.61 Å². The third kappa shape index (κ3) is 6.68. The normalized spacial score (nSPS) is 10.6. The first kappa shape index (κ1) is 23.0. The topological polar surface area (TPSA) is 89.0 Å². The molecule has 3 rings (SSSR count). The van der Waals surface area contributed by atoms with E-state index in [9.17, 15) is 9.59 Å². The Labute approximate surface area is 194 Å². The number of rotatable bonds is 8. The van der Waals surface area contributed by atoms with Crippen molar-refractivity contribution < 1.29 is 19.1 Å². The maximum absolute atomic E-state index is 12.2. The van der Waals surface area contributed by atoms with Crippen LogP contribution in [0.1, 0.15) is 21.5 Å². The molecule has 3 aromatic rings. The van der Waals surface area contributed by atoms with Crippen LogP contribution in [0.5, 0.6) is 11.5 Å². The summed E-state index contributed by atoms with van der Waals surface area (Å²) in [4.78, 5) is 24.3. The SMILES string of the molecule is COc1cccc(C(=O)N/N=C/c2ccc(OCC(=O)Nc3cccc(C)c3)c(Br)c2)c1. The summed E-state index contributed by atoms with van der Waals surface area (Å²) in [6.07, 6.45) is 1.51. The van der Waals surface area contributed by atoms with Gasteiger partial charge in [-0.2, -0.15) is 5.10 Å². The number of carbonyl (C=O) groups is 2. The lowest BCUT2D eigenvalue weighted by Gasteiger charge is -2.10. The van der Waals surface area contributed by atoms with Crippen molar-refractivity contribution >= 4 is 39.6 Å². The van der Waals surface area contributed by atoms with Gasteiger partial charge >= 0.3 is 0 Å². The summed E-state index contributed by atoms with van der Waals surface area (Å²) in [5.74, 6) is 0.503. The Morgan fingerprint density at radius 3 is 2.62 bits per heavy atom. The number of hydrazone groups is 1. The van der Waals surface area contributed by atoms with Crippen molar-refractivity contribution in [3.8, 4) is 11.5 Å². The third-order valence-electron chi connectivity index (χ3n) is 4.33. The van der Waals surface area contributed by atoms with Crippen LogP contribution in [0.25, 0.3) is 0 Å². The number of amides is 2. The zero-order valence-electron chi connectivity index (χ0n) is 17.6. The summed E-state index contributed by atoms with van der Waals surface area (Å²) in [6, 6.07) is 19.6. The van der Waals surface area contributed by atoms with E-state index < -0.39 is 0 Å². The third-order valence-corrected chi connectivity index (χ3v) is 4.95. The van der Waals surface area contributed by atoms with Crippen LogP contribution >= 0.6 is 15.9 Å². The molecule has 0 saturated heterocycles. The molecular weight excluding hydrogens is 474 g/mol. The molecular formula is C24H22BrN3O4. The minimum atomic E-state index is -0.348. The van der Waals surface area contributed by atoms with Crippen molar-refractivity contribution in [2.45, 2.75) is 6.92 Å². The minimum Gasteiger partial charge on any atom is -0.497 e. The van der Waals surface area contributed by atoms with Gasteiger partial charge in [-0.05, 0) is 82.5 Å². The van der Waals surface area contributed by atoms with Gasteiger partial charge in [0.05, 0.1) is 17.8 Å². The van der Waals surface area contributed by atoms with E-state index in [1.165, 1.54) is 13.3 Å². The highest BCUT2D eigenvalue weighted by Gasteiger charge is 2.08. The van der Waals surface area contributed by atoms with Crippen LogP contribution in [-0.4, -0.2) is 31.7 Å². The van der Waals surface area contributed by atoms with E-state index in [4.69, 9.17) is 9.47 Å². The van der Waals surface area contributed by atoms with Crippen molar-refractivity contribution in [1.82, 2.24) is 5.43 Å². The second kappa shape index (κ2) is 11.1. The molecule has 2 N–H and O–H groups in total. The van der Waals surface area contributed by atoms with Crippen molar-refractivity contribution in [3.05, 3.63) is 87.9 Å². The highest BCUT2D eigenvalue weighted by atomic mass is 79.9. The predicted molar refractivity (Wildman–Crippen MR) is 127 cm³/mol. The molecule has 164 valence electrons. The fraction of sp³-hybridized carbons (Fsp3) is 0.125. The first-order valence-corrected chi connectivity index (χ1v) is 10.5. The number of halogens is 1. The molecule has 0 aliphatic rings. The first-order valence-electron chi connectivity index (χ1n) is 9.71. The van der Waals surface area contributed by atoms with Gasteiger partial charge in [-0.1, -0.05) is 18.2 Å². The van der Waals surface area contributed by atoms with Gasteiger partial charge in [0.1, 0.15) is 11.5 Å². The van der Waals surface area contributed by atoms with Crippen LogP contribution in [-0.2, 0) is 4.79 Å². The highest BCUT2D eigenvalue weighted by molar-refractivity contribution is 9.10. The maximum atomic E-state index is 12.2. The first-order chi connectivity index (χ1) is 15.4. The van der Waals surface area contributed by atoms with E-state index in [1.54, 1.807) is 42.5 Å². The molecule has 0 atom stereocenters. The second-order valence-electron chi connectivity index (χ2n) is 6.83. The van der Waals surface area contributed by atoms with E-state index in [-0.39, 0.29) is 18.4 Å². The van der Waals surface area contributed by atoms with Crippen LogP contribution < -0.4 is 20.2 Å². The van der Waals surface area contributed by atoms with Crippen LogP contribution in [0, 0.1) is 6.92 Å². The molecule has 8 heteroatoms. The Hall–Kier alpha value is -3.65. The molecule has 32 heavy (non-hydrogen) atoms. The molecule has 0 unspecified atom stereocenters. The fourth-order valence-electron chi connectivity index (χ4n) is 2.77. The van der Waals surface area contributed by atoms with Crippen molar-refractivity contribution in [1.29, 1.82) is 0 Å². The van der Waals surface area contributed by atoms with Gasteiger partial charge in [-0.3, -0.25) is 9.59 Å². The molecule has 0 spiro atoms. The Morgan fingerprint density at radius 1 is 1.06 bits per heavy atom. The molecule has 7 nitrogen and oxygen atoms in total. The van der Waals surface area contributed by atoms with Crippen LogP contribution in [0.3, 0.4) is 0 Å². The summed E-state index contributed by atoms with van der Waals surface area (Å²) in [6.45, 7) is 1.83. The average Bonchev–Trinajstić information content (AvgIpc) is 2.78. The molecule has 3 aromatic carbocycles. The number of anilines is 1. The van der Waals surface area contributed by atoms with E-state index in [2.05, 4.69) is 31.8 Å². The Balaban J connectivity index is 1.52. The number of benzene rings is 3. The highest BCUT2D eigenvalue weighted by Crippen LogP contribution is 2.25. The van der Waals surface area contributed by atoms with Gasteiger partial charge in [0.2, 0.25) is 0 Å². The standard InChI is InChI=1S/C24H22BrN3O4/c1-16-5-3-7-19(11-16)27-23(29)15-32-22-10-9-17(12-21(22)25)14-26-28-24(30)18-6-4-8-20(13-18)31-2/h3-14H,15H2,1-2H3,(H,27,29)(H,28,30)/b26-14+. The van der Waals surface area contributed by atoms with Crippen molar-refractivity contribution in [3.63, 3.8) is 0 Å². The van der Waals surface area contributed by atoms with Gasteiger partial charge in [0.25, 0.3) is 11.8 Å². The number of ether oxygens (including phenoxy) is 2. The largest absolute Gasteiger partial charge is 0.497 e. The van der Waals surface area contributed by atoms with Gasteiger partial charge in [-0.25, -0.2) is 5.43 Å². The lowest BCUT2D eigenvalue weighted by atomic mass is 10.2. The molecule has 0 fully saturated rings. The summed E-state index contributed by atoms with van der Waals surface area (Å²) in [5, 5.41) is 6.78. The zero-order chi connectivity index (χ0) is 22.9. The Bertz CT molecular complexity index is 1150. The number of hydrogen-bond acceptors (Lipinski definition) is 5. The van der Waals surface area contributed by atoms with Crippen molar-refractivity contribution in [2.75, 3.05) is 19.0 Å². The summed E-state index contributed by atoms with van der Waals surface area (Å²) < 4.78 is 11.4. The van der Waals surface area contributed by atoms with E-state index in [0.717, 1.165) is 16.8 Å².